The van der Waals surface area contributed by atoms with Crippen LogP contribution >= 0.6 is 0 Å². The Labute approximate surface area is 116 Å². The zero-order valence-electron chi connectivity index (χ0n) is 12.3. The summed E-state index contributed by atoms with van der Waals surface area (Å²) in [5, 5.41) is 9.53. The Hall–Kier alpha value is -0.610. The first-order chi connectivity index (χ1) is 9.13. The third kappa shape index (κ3) is 3.48. The van der Waals surface area contributed by atoms with Gasteiger partial charge < -0.3 is 10.0 Å². The highest BCUT2D eigenvalue weighted by molar-refractivity contribution is 5.82. The van der Waals surface area contributed by atoms with Crippen molar-refractivity contribution in [3.63, 3.8) is 0 Å². The molecule has 1 saturated carbocycles. The van der Waals surface area contributed by atoms with Crippen LogP contribution in [0.15, 0.2) is 0 Å². The fourth-order valence-electron chi connectivity index (χ4n) is 3.60. The predicted octanol–water partition coefficient (Wildman–Crippen LogP) is 1.48. The number of rotatable bonds is 2. The molecule has 1 aliphatic heterocycles. The number of hydrogen-bond acceptors (Lipinski definition) is 3. The van der Waals surface area contributed by atoms with Gasteiger partial charge >= 0.3 is 0 Å². The summed E-state index contributed by atoms with van der Waals surface area (Å²) >= 11 is 0. The van der Waals surface area contributed by atoms with Crippen molar-refractivity contribution >= 4 is 5.91 Å². The Morgan fingerprint density at radius 3 is 2.37 bits per heavy atom. The van der Waals surface area contributed by atoms with Gasteiger partial charge in [0.1, 0.15) is 6.04 Å². The second-order valence-corrected chi connectivity index (χ2v) is 6.38. The highest BCUT2D eigenvalue weighted by Crippen LogP contribution is 2.25. The molecule has 4 heteroatoms. The van der Waals surface area contributed by atoms with E-state index in [0.29, 0.717) is 12.0 Å². The summed E-state index contributed by atoms with van der Waals surface area (Å²) in [6.45, 7) is 3.88. The molecular weight excluding hydrogens is 240 g/mol. The van der Waals surface area contributed by atoms with E-state index in [0.717, 1.165) is 25.9 Å². The fraction of sp³-hybridized carbons (Fsp3) is 0.933. The van der Waals surface area contributed by atoms with E-state index in [1.807, 2.05) is 11.9 Å². The van der Waals surface area contributed by atoms with E-state index in [9.17, 15) is 9.90 Å². The molecule has 19 heavy (non-hydrogen) atoms. The molecule has 1 saturated heterocycles. The maximum Gasteiger partial charge on any atom is 0.242 e. The number of amides is 1. The average molecular weight is 268 g/mol. The third-order valence-corrected chi connectivity index (χ3v) is 4.65. The van der Waals surface area contributed by atoms with Crippen molar-refractivity contribution in [2.45, 2.75) is 57.5 Å². The topological polar surface area (TPSA) is 43.8 Å². The molecule has 110 valence electrons. The van der Waals surface area contributed by atoms with Gasteiger partial charge in [-0.15, -0.1) is 0 Å². The van der Waals surface area contributed by atoms with Gasteiger partial charge in [0.25, 0.3) is 0 Å². The zero-order valence-corrected chi connectivity index (χ0v) is 12.3. The molecule has 1 amide bonds. The van der Waals surface area contributed by atoms with Crippen LogP contribution in [0.5, 0.6) is 0 Å². The molecule has 2 unspecified atom stereocenters. The van der Waals surface area contributed by atoms with Crippen LogP contribution in [0.2, 0.25) is 0 Å². The molecule has 0 aromatic heterocycles. The SMILES string of the molecule is CC1CN(C)C(CO)C(=O)N(C2CCCCCC2)C1. The van der Waals surface area contributed by atoms with E-state index >= 15 is 0 Å². The van der Waals surface area contributed by atoms with Crippen molar-refractivity contribution < 1.29 is 9.90 Å². The van der Waals surface area contributed by atoms with Crippen LogP contribution < -0.4 is 0 Å². The van der Waals surface area contributed by atoms with Crippen molar-refractivity contribution in [3.8, 4) is 0 Å². The van der Waals surface area contributed by atoms with Crippen LogP contribution in [0.25, 0.3) is 0 Å². The summed E-state index contributed by atoms with van der Waals surface area (Å²) in [6, 6.07) is 0.0613. The second-order valence-electron chi connectivity index (χ2n) is 6.38. The number of likely N-dealkylation sites (N-methyl/N-ethyl adjacent to an activating group) is 1. The van der Waals surface area contributed by atoms with Crippen molar-refractivity contribution in [3.05, 3.63) is 0 Å². The number of aliphatic hydroxyl groups is 1. The summed E-state index contributed by atoms with van der Waals surface area (Å²) in [6.07, 6.45) is 7.36. The van der Waals surface area contributed by atoms with Crippen molar-refractivity contribution in [2.24, 2.45) is 5.92 Å². The van der Waals surface area contributed by atoms with Crippen LogP contribution in [0, 0.1) is 5.92 Å². The van der Waals surface area contributed by atoms with Crippen LogP contribution in [-0.2, 0) is 4.79 Å². The number of carbonyl (C=O) groups is 1. The minimum Gasteiger partial charge on any atom is -0.394 e. The Morgan fingerprint density at radius 1 is 1.16 bits per heavy atom. The molecule has 0 bridgehead atoms. The lowest BCUT2D eigenvalue weighted by molar-refractivity contribution is -0.139. The van der Waals surface area contributed by atoms with Gasteiger partial charge in [-0.1, -0.05) is 32.6 Å². The van der Waals surface area contributed by atoms with Crippen LogP contribution in [0.4, 0.5) is 0 Å². The number of hydrogen-bond donors (Lipinski definition) is 1. The first-order valence-corrected chi connectivity index (χ1v) is 7.75. The molecule has 1 aliphatic carbocycles. The lowest BCUT2D eigenvalue weighted by Crippen LogP contribution is -2.50. The van der Waals surface area contributed by atoms with Crippen molar-refractivity contribution in [1.82, 2.24) is 9.80 Å². The molecule has 1 N–H and O–H groups in total. The molecule has 0 aromatic rings. The van der Waals surface area contributed by atoms with Gasteiger partial charge in [0.15, 0.2) is 0 Å². The Bertz CT molecular complexity index is 301. The quantitative estimate of drug-likeness (QED) is 0.772. The molecular formula is C15H28N2O2. The Balaban J connectivity index is 2.13. The monoisotopic (exact) mass is 268 g/mol. The fourth-order valence-corrected chi connectivity index (χ4v) is 3.60. The smallest absolute Gasteiger partial charge is 0.242 e. The number of carbonyl (C=O) groups excluding carboxylic acids is 1. The van der Waals surface area contributed by atoms with E-state index < -0.39 is 0 Å². The Kier molecular flexibility index (Phi) is 5.22. The van der Waals surface area contributed by atoms with Gasteiger partial charge in [-0.2, -0.15) is 0 Å². The van der Waals surface area contributed by atoms with E-state index in [2.05, 4.69) is 11.8 Å². The normalized spacial score (nSPS) is 32.2. The molecule has 2 rings (SSSR count). The van der Waals surface area contributed by atoms with E-state index in [1.54, 1.807) is 0 Å². The lowest BCUT2D eigenvalue weighted by atomic mass is 10.0. The maximum atomic E-state index is 12.7. The zero-order chi connectivity index (χ0) is 13.8. The number of aliphatic hydroxyl groups excluding tert-OH is 1. The van der Waals surface area contributed by atoms with E-state index in [-0.39, 0.29) is 18.6 Å². The Morgan fingerprint density at radius 2 is 1.79 bits per heavy atom. The standard InChI is InChI=1S/C15H28N2O2/c1-12-9-16(2)14(11-18)15(19)17(10-12)13-7-5-3-4-6-8-13/h12-14,18H,3-11H2,1-2H3. The number of nitrogens with zero attached hydrogens (tertiary/aromatic N) is 2. The highest BCUT2D eigenvalue weighted by Gasteiger charge is 2.36. The largest absolute Gasteiger partial charge is 0.394 e. The minimum atomic E-state index is -0.340. The van der Waals surface area contributed by atoms with Gasteiger partial charge in [0.2, 0.25) is 5.91 Å². The summed E-state index contributed by atoms with van der Waals surface area (Å²) in [5.41, 5.74) is 0. The van der Waals surface area contributed by atoms with Crippen molar-refractivity contribution in [2.75, 3.05) is 26.7 Å². The maximum absolute atomic E-state index is 12.7. The minimum absolute atomic E-state index is 0.0642. The van der Waals surface area contributed by atoms with Gasteiger partial charge in [-0.05, 0) is 25.8 Å². The van der Waals surface area contributed by atoms with E-state index in [1.165, 1.54) is 25.7 Å². The lowest BCUT2D eigenvalue weighted by Gasteiger charge is -2.33. The molecule has 0 radical (unpaired) electrons. The molecule has 4 nitrogen and oxygen atoms in total. The molecule has 0 spiro atoms. The summed E-state index contributed by atoms with van der Waals surface area (Å²) < 4.78 is 0. The van der Waals surface area contributed by atoms with Gasteiger partial charge in [0, 0.05) is 19.1 Å². The first kappa shape index (κ1) is 14.8. The molecule has 2 atom stereocenters. The van der Waals surface area contributed by atoms with Gasteiger partial charge in [-0.3, -0.25) is 9.69 Å². The average Bonchev–Trinajstić information content (AvgIpc) is 2.69. The van der Waals surface area contributed by atoms with Crippen LogP contribution in [0.1, 0.15) is 45.4 Å². The predicted molar refractivity (Wildman–Crippen MR) is 75.9 cm³/mol. The summed E-state index contributed by atoms with van der Waals surface area (Å²) in [5.74, 6) is 0.620. The van der Waals surface area contributed by atoms with Crippen LogP contribution in [0.3, 0.4) is 0 Å². The summed E-state index contributed by atoms with van der Waals surface area (Å²) in [7, 11) is 1.95. The molecule has 1 heterocycles. The van der Waals surface area contributed by atoms with Gasteiger partial charge in [-0.25, -0.2) is 0 Å². The molecule has 0 aromatic carbocycles. The van der Waals surface area contributed by atoms with E-state index in [4.69, 9.17) is 0 Å². The first-order valence-electron chi connectivity index (χ1n) is 7.75. The third-order valence-electron chi connectivity index (χ3n) is 4.65. The molecule has 2 aliphatic rings. The summed E-state index contributed by atoms with van der Waals surface area (Å²) in [4.78, 5) is 16.8. The highest BCUT2D eigenvalue weighted by atomic mass is 16.3. The van der Waals surface area contributed by atoms with Gasteiger partial charge in [0.05, 0.1) is 6.61 Å². The van der Waals surface area contributed by atoms with Crippen molar-refractivity contribution in [1.29, 1.82) is 0 Å². The second kappa shape index (κ2) is 6.71. The molecule has 2 fully saturated rings. The van der Waals surface area contributed by atoms with Crippen LogP contribution in [-0.4, -0.2) is 59.6 Å².